The summed E-state index contributed by atoms with van der Waals surface area (Å²) in [7, 11) is 0. The molecule has 92 valence electrons. The zero-order valence-corrected chi connectivity index (χ0v) is 10.9. The minimum atomic E-state index is -1.02. The summed E-state index contributed by atoms with van der Waals surface area (Å²) in [6, 6.07) is 4.74. The molecule has 0 aliphatic carbocycles. The van der Waals surface area contributed by atoms with Crippen molar-refractivity contribution >= 4 is 35.0 Å². The molecule has 0 aromatic heterocycles. The van der Waals surface area contributed by atoms with Gasteiger partial charge in [0.2, 0.25) is 0 Å². The van der Waals surface area contributed by atoms with E-state index in [2.05, 4.69) is 0 Å². The van der Waals surface area contributed by atoms with Crippen molar-refractivity contribution in [3.8, 4) is 0 Å². The zero-order chi connectivity index (χ0) is 13.2. The molecule has 0 spiro atoms. The van der Waals surface area contributed by atoms with Crippen molar-refractivity contribution in [1.82, 2.24) is 0 Å². The summed E-state index contributed by atoms with van der Waals surface area (Å²) in [5.74, 6) is -2.83. The smallest absolute Gasteiger partial charge is 0.306 e. The van der Waals surface area contributed by atoms with Crippen molar-refractivity contribution in [2.75, 3.05) is 0 Å². The van der Waals surface area contributed by atoms with Crippen molar-refractivity contribution in [3.05, 3.63) is 33.8 Å². The molecular formula is C12H12Cl2O3. The molecule has 0 aliphatic heterocycles. The number of ketones is 1. The van der Waals surface area contributed by atoms with Gasteiger partial charge in [0.15, 0.2) is 5.78 Å². The van der Waals surface area contributed by atoms with E-state index < -0.39 is 17.8 Å². The first-order valence-corrected chi connectivity index (χ1v) is 5.83. The van der Waals surface area contributed by atoms with Gasteiger partial charge in [-0.3, -0.25) is 9.59 Å². The van der Waals surface area contributed by atoms with Crippen LogP contribution >= 0.6 is 23.2 Å². The Kier molecular flexibility index (Phi) is 4.54. The van der Waals surface area contributed by atoms with E-state index in [4.69, 9.17) is 28.3 Å². The van der Waals surface area contributed by atoms with Gasteiger partial charge in [-0.2, -0.15) is 0 Å². The molecule has 1 aromatic rings. The minimum absolute atomic E-state index is 0.191. The van der Waals surface area contributed by atoms with Crippen LogP contribution in [0.15, 0.2) is 18.2 Å². The van der Waals surface area contributed by atoms with Gasteiger partial charge in [0, 0.05) is 5.92 Å². The first-order chi connectivity index (χ1) is 7.86. The summed E-state index contributed by atoms with van der Waals surface area (Å²) in [4.78, 5) is 22.9. The average Bonchev–Trinajstić information content (AvgIpc) is 2.26. The molecule has 0 saturated heterocycles. The number of carboxylic acid groups (broad SMARTS) is 1. The molecular weight excluding hydrogens is 263 g/mol. The summed E-state index contributed by atoms with van der Waals surface area (Å²) in [5.41, 5.74) is 0.191. The predicted molar refractivity (Wildman–Crippen MR) is 66.8 cm³/mol. The number of hydrogen-bond acceptors (Lipinski definition) is 2. The predicted octanol–water partition coefficient (Wildman–Crippen LogP) is 3.53. The number of aliphatic carboxylic acids is 1. The van der Waals surface area contributed by atoms with Gasteiger partial charge in [0.05, 0.1) is 21.5 Å². The Morgan fingerprint density at radius 3 is 2.00 bits per heavy atom. The molecule has 2 atom stereocenters. The molecule has 0 amide bonds. The highest BCUT2D eigenvalue weighted by molar-refractivity contribution is 6.40. The molecule has 1 rings (SSSR count). The quantitative estimate of drug-likeness (QED) is 0.855. The lowest BCUT2D eigenvalue weighted by atomic mass is 9.88. The van der Waals surface area contributed by atoms with Crippen LogP contribution in [-0.4, -0.2) is 16.9 Å². The molecule has 0 heterocycles. The number of carbonyl (C=O) groups is 2. The lowest BCUT2D eigenvalue weighted by Gasteiger charge is -2.16. The van der Waals surface area contributed by atoms with Crippen LogP contribution in [-0.2, 0) is 4.79 Å². The number of benzene rings is 1. The maximum absolute atomic E-state index is 12.1. The van der Waals surface area contributed by atoms with Crippen molar-refractivity contribution in [3.63, 3.8) is 0 Å². The first kappa shape index (κ1) is 14.0. The monoisotopic (exact) mass is 274 g/mol. The number of halogens is 2. The molecule has 17 heavy (non-hydrogen) atoms. The summed E-state index contributed by atoms with van der Waals surface area (Å²) in [6.07, 6.45) is 0. The minimum Gasteiger partial charge on any atom is -0.481 e. The highest BCUT2D eigenvalue weighted by Gasteiger charge is 2.28. The van der Waals surface area contributed by atoms with Gasteiger partial charge >= 0.3 is 5.97 Å². The van der Waals surface area contributed by atoms with Gasteiger partial charge in [-0.1, -0.05) is 43.1 Å². The second-order valence-corrected chi connectivity index (χ2v) is 4.69. The van der Waals surface area contributed by atoms with Crippen molar-refractivity contribution in [2.24, 2.45) is 11.8 Å². The number of rotatable bonds is 4. The third kappa shape index (κ3) is 2.99. The summed E-state index contributed by atoms with van der Waals surface area (Å²) < 4.78 is 0. The highest BCUT2D eigenvalue weighted by Crippen LogP contribution is 2.29. The van der Waals surface area contributed by atoms with E-state index in [1.54, 1.807) is 25.1 Å². The Balaban J connectivity index is 3.09. The van der Waals surface area contributed by atoms with Crippen LogP contribution in [0, 0.1) is 11.8 Å². The summed E-state index contributed by atoms with van der Waals surface area (Å²) >= 11 is 11.8. The fraction of sp³-hybridized carbons (Fsp3) is 0.333. The number of carbonyl (C=O) groups excluding carboxylic acids is 1. The maximum atomic E-state index is 12.1. The standard InChI is InChI=1S/C12H12Cl2O3/c1-6(7(2)12(16)17)11(15)10-8(13)4-3-5-9(10)14/h3-7H,1-2H3,(H,16,17). The van der Waals surface area contributed by atoms with Crippen LogP contribution in [0.1, 0.15) is 24.2 Å². The SMILES string of the molecule is CC(C(=O)O)C(C)C(=O)c1c(Cl)cccc1Cl. The van der Waals surface area contributed by atoms with Gasteiger partial charge in [0.1, 0.15) is 0 Å². The molecule has 5 heteroatoms. The number of hydrogen-bond donors (Lipinski definition) is 1. The highest BCUT2D eigenvalue weighted by atomic mass is 35.5. The third-order valence-electron chi connectivity index (χ3n) is 2.76. The van der Waals surface area contributed by atoms with Gasteiger partial charge in [-0.25, -0.2) is 0 Å². The van der Waals surface area contributed by atoms with E-state index in [9.17, 15) is 9.59 Å². The van der Waals surface area contributed by atoms with Crippen LogP contribution < -0.4 is 0 Å². The lowest BCUT2D eigenvalue weighted by molar-refractivity contribution is -0.142. The normalized spacial score (nSPS) is 14.1. The fourth-order valence-electron chi connectivity index (χ4n) is 1.40. The Morgan fingerprint density at radius 1 is 1.12 bits per heavy atom. The molecule has 1 N–H and O–H groups in total. The second kappa shape index (κ2) is 5.52. The third-order valence-corrected chi connectivity index (χ3v) is 3.39. The second-order valence-electron chi connectivity index (χ2n) is 3.88. The van der Waals surface area contributed by atoms with E-state index in [0.29, 0.717) is 0 Å². The topological polar surface area (TPSA) is 54.4 Å². The van der Waals surface area contributed by atoms with E-state index in [-0.39, 0.29) is 21.4 Å². The van der Waals surface area contributed by atoms with Crippen LogP contribution in [0.25, 0.3) is 0 Å². The molecule has 0 bridgehead atoms. The van der Waals surface area contributed by atoms with Crippen molar-refractivity contribution in [2.45, 2.75) is 13.8 Å². The molecule has 0 fully saturated rings. The largest absolute Gasteiger partial charge is 0.481 e. The molecule has 1 aromatic carbocycles. The molecule has 0 radical (unpaired) electrons. The van der Waals surface area contributed by atoms with E-state index >= 15 is 0 Å². The van der Waals surface area contributed by atoms with E-state index in [0.717, 1.165) is 0 Å². The number of carboxylic acids is 1. The fourth-order valence-corrected chi connectivity index (χ4v) is 1.99. The van der Waals surface area contributed by atoms with Crippen molar-refractivity contribution < 1.29 is 14.7 Å². The van der Waals surface area contributed by atoms with Gasteiger partial charge in [-0.15, -0.1) is 0 Å². The maximum Gasteiger partial charge on any atom is 0.306 e. The molecule has 3 nitrogen and oxygen atoms in total. The first-order valence-electron chi connectivity index (χ1n) is 5.07. The number of Topliss-reactive ketones (excluding diaryl/α,β-unsaturated/α-hetero) is 1. The Morgan fingerprint density at radius 2 is 1.59 bits per heavy atom. The molecule has 2 unspecified atom stereocenters. The lowest BCUT2D eigenvalue weighted by Crippen LogP contribution is -2.25. The van der Waals surface area contributed by atoms with E-state index in [1.165, 1.54) is 6.92 Å². The van der Waals surface area contributed by atoms with Gasteiger partial charge in [0.25, 0.3) is 0 Å². The van der Waals surface area contributed by atoms with E-state index in [1.807, 2.05) is 0 Å². The van der Waals surface area contributed by atoms with Gasteiger partial charge < -0.3 is 5.11 Å². The van der Waals surface area contributed by atoms with Crippen molar-refractivity contribution in [1.29, 1.82) is 0 Å². The van der Waals surface area contributed by atoms with Crippen LogP contribution in [0.4, 0.5) is 0 Å². The van der Waals surface area contributed by atoms with Crippen LogP contribution in [0.5, 0.6) is 0 Å². The Hall–Kier alpha value is -1.06. The molecule has 0 aliphatic rings. The molecule has 0 saturated carbocycles. The Labute approximate surface area is 109 Å². The summed E-state index contributed by atoms with van der Waals surface area (Å²) in [6.45, 7) is 3.04. The van der Waals surface area contributed by atoms with Gasteiger partial charge in [-0.05, 0) is 12.1 Å². The Bertz CT molecular complexity index is 437. The average molecular weight is 275 g/mol. The zero-order valence-electron chi connectivity index (χ0n) is 9.41. The van der Waals surface area contributed by atoms with Crippen LogP contribution in [0.2, 0.25) is 10.0 Å². The van der Waals surface area contributed by atoms with Crippen LogP contribution in [0.3, 0.4) is 0 Å². The summed E-state index contributed by atoms with van der Waals surface area (Å²) in [5, 5.41) is 9.35.